The standard InChI is InChI=1S/C73H112N20O32/c1-37(94)86-53-40(89-65(74)75)27-43(62(102)111-4)117-59(53)56(46-34-114-71(108)120-46)123-68(105)83-22-16-10-7-13-19-80-49(97)30-92(31-50(98)81-20-14-8-11-17-23-84-69(106)124-57(47-35-115-72(109)121-47)60-54(87-38(2)95)41(90-66(76)77)28-44(118-60)63(103)112-5)25-26-93(33-52(100)101)32-51(99)82-21-15-9-12-18-24-85-70(107)125-58(48-36-116-73(110)122-48)61-55(88-39(3)96)42(91-67(78)79)29-45(119-61)64(104)113-6/h27-29,40-42,46-48,53-61H,7-26,30-36H2,1-6H3,(H,80,97)(H,81,98)(H,82,99)(H,83,105)(H,84,106)(H,85,107)(H,86,94)(H,87,95)(H,88,96)(H,100,101)(H4,74,75,89)(H4,76,77,90)(H4,78,79,91)/t40-,41-,42-,46+,47+,48+,53+,54+,55+,56+,57+,58+,59+,60+,61+/m0/s1. The number of esters is 3. The first-order valence-corrected chi connectivity index (χ1v) is 39.9. The van der Waals surface area contributed by atoms with Crippen LogP contribution in [0.2, 0.25) is 0 Å². The van der Waals surface area contributed by atoms with Crippen LogP contribution in [0.3, 0.4) is 0 Å². The zero-order valence-corrected chi connectivity index (χ0v) is 69.7. The van der Waals surface area contributed by atoms with Crippen molar-refractivity contribution in [3.8, 4) is 0 Å². The molecule has 9 amide bonds. The fourth-order valence-corrected chi connectivity index (χ4v) is 13.6. The second-order valence-corrected chi connectivity index (χ2v) is 28.9. The largest absolute Gasteiger partial charge is 0.508 e. The summed E-state index contributed by atoms with van der Waals surface area (Å²) < 4.78 is 80.0. The van der Waals surface area contributed by atoms with Gasteiger partial charge in [-0.05, 0) is 56.8 Å². The first-order valence-electron chi connectivity index (χ1n) is 39.9. The van der Waals surface area contributed by atoms with E-state index in [-0.39, 0.29) is 65.4 Å². The number of ether oxygens (including phenoxy) is 15. The van der Waals surface area contributed by atoms with Gasteiger partial charge in [0.2, 0.25) is 52.7 Å². The second kappa shape index (κ2) is 51.6. The van der Waals surface area contributed by atoms with Crippen LogP contribution in [0.5, 0.6) is 0 Å². The maximum atomic E-state index is 13.6. The van der Waals surface area contributed by atoms with Crippen LogP contribution < -0.4 is 81.0 Å². The minimum absolute atomic E-state index is 0.0512. The number of nitrogens with one attached hydrogen (secondary N) is 15. The molecule has 0 aromatic rings. The molecule has 6 aliphatic rings. The van der Waals surface area contributed by atoms with Gasteiger partial charge in [-0.15, -0.1) is 0 Å². The first-order chi connectivity index (χ1) is 59.5. The van der Waals surface area contributed by atoms with E-state index in [1.807, 2.05) is 0 Å². The van der Waals surface area contributed by atoms with Crippen LogP contribution >= 0.6 is 0 Å². The van der Waals surface area contributed by atoms with Crippen molar-refractivity contribution in [2.75, 3.05) is 120 Å². The Labute approximate surface area is 715 Å². The van der Waals surface area contributed by atoms with Crippen molar-refractivity contribution in [1.29, 1.82) is 16.2 Å². The highest BCUT2D eigenvalue weighted by Gasteiger charge is 2.54. The quantitative estimate of drug-likeness (QED) is 0.00892. The molecule has 0 bridgehead atoms. The molecular formula is C73H112N20O32. The Balaban J connectivity index is 1.00. The van der Waals surface area contributed by atoms with Gasteiger partial charge >= 0.3 is 60.6 Å². The van der Waals surface area contributed by atoms with Gasteiger partial charge < -0.3 is 157 Å². The first kappa shape index (κ1) is 100. The van der Waals surface area contributed by atoms with E-state index in [0.717, 1.165) is 21.3 Å². The Kier molecular flexibility index (Phi) is 41.4. The molecule has 6 rings (SSSR count). The summed E-state index contributed by atoms with van der Waals surface area (Å²) in [6.07, 6.45) is -10.0. The predicted octanol–water partition coefficient (Wildman–Crippen LogP) is -4.97. The van der Waals surface area contributed by atoms with Gasteiger partial charge in [0.15, 0.2) is 72.8 Å². The number of aliphatic carboxylic acids is 1. The number of hydrogen-bond donors (Lipinski definition) is 19. The molecule has 0 aliphatic carbocycles. The van der Waals surface area contributed by atoms with E-state index in [0.29, 0.717) is 77.0 Å². The number of hydrogen-bond acceptors (Lipinski definition) is 36. The fourth-order valence-electron chi connectivity index (χ4n) is 13.6. The molecule has 0 spiro atoms. The van der Waals surface area contributed by atoms with E-state index < -0.39 is 255 Å². The van der Waals surface area contributed by atoms with Crippen molar-refractivity contribution in [2.24, 2.45) is 17.2 Å². The van der Waals surface area contributed by atoms with Gasteiger partial charge in [-0.25, -0.2) is 43.2 Å². The summed E-state index contributed by atoms with van der Waals surface area (Å²) in [5.74, 6) is -10.5. The van der Waals surface area contributed by atoms with E-state index in [1.54, 1.807) is 0 Å². The lowest BCUT2D eigenvalue weighted by molar-refractivity contribution is -0.148. The number of unbranched alkanes of at least 4 members (excludes halogenated alkanes) is 9. The molecule has 15 atom stereocenters. The van der Waals surface area contributed by atoms with Gasteiger partial charge in [0.25, 0.3) is 0 Å². The third-order valence-electron chi connectivity index (χ3n) is 19.2. The van der Waals surface area contributed by atoms with Gasteiger partial charge in [0, 0.05) is 73.1 Å². The van der Waals surface area contributed by atoms with E-state index >= 15 is 0 Å². The van der Waals surface area contributed by atoms with Crippen LogP contribution in [0.4, 0.5) is 28.8 Å². The van der Waals surface area contributed by atoms with Gasteiger partial charge in [0.1, 0.15) is 19.8 Å². The number of carboxylic acid groups (broad SMARTS) is 1. The monoisotopic (exact) mass is 1780 g/mol. The Morgan fingerprint density at radius 1 is 0.392 bits per heavy atom. The summed E-state index contributed by atoms with van der Waals surface area (Å²) in [6.45, 7) is 0.981. The third kappa shape index (κ3) is 34.8. The zero-order chi connectivity index (χ0) is 91.8. The zero-order valence-electron chi connectivity index (χ0n) is 69.7. The summed E-state index contributed by atoms with van der Waals surface area (Å²) in [4.78, 5) is 208. The number of nitrogens with zero attached hydrogens (tertiary/aromatic N) is 2. The Morgan fingerprint density at radius 3 is 0.856 bits per heavy atom. The van der Waals surface area contributed by atoms with Crippen molar-refractivity contribution in [3.63, 3.8) is 0 Å². The van der Waals surface area contributed by atoms with Crippen LogP contribution in [-0.4, -0.2) is 340 Å². The van der Waals surface area contributed by atoms with Crippen LogP contribution in [0, 0.1) is 16.2 Å². The minimum Gasteiger partial charge on any atom is -0.480 e. The summed E-state index contributed by atoms with van der Waals surface area (Å²) in [6, 6.07) is -6.89. The molecule has 0 unspecified atom stereocenters. The normalized spacial score (nSPS) is 22.2. The Bertz CT molecular complexity index is 3780. The highest BCUT2D eigenvalue weighted by atomic mass is 16.8. The SMILES string of the molecule is COC(=O)C1=C[C@H](NC(=N)N)[C@@H](NC(C)=O)[C@H]([C@H](OC(=O)NCCCCCCNC(=O)CN(CCN(CC(=O)NCCCCCCNC(=O)O[C@@H]([C@@H]2OC(C(=O)OC)=C[C@H](NC(=N)N)[C@H]2NC(C)=O)[C@H]2COC(=O)O2)CC(=O)NCCCCCCNC(=O)O[C@@H]([C@@H]2OC(C(=O)OC)=C[C@H](NC(=N)N)[C@H]2NC(C)=O)[C@H]2COC(=O)O2)CC(=O)O)[C@H]2COC(=O)O2)O1. The molecule has 0 aromatic carbocycles. The highest BCUT2D eigenvalue weighted by molar-refractivity contribution is 5.89. The molecule has 3 saturated heterocycles. The number of carboxylic acids is 1. The number of amides is 9. The molecule has 0 radical (unpaired) electrons. The number of cyclic esters (lactones) is 6. The molecule has 0 aromatic heterocycles. The lowest BCUT2D eigenvalue weighted by Crippen LogP contribution is -2.64. The van der Waals surface area contributed by atoms with E-state index in [9.17, 15) is 81.8 Å². The predicted molar refractivity (Wildman–Crippen MR) is 423 cm³/mol. The number of alkyl carbamates (subject to hydrolysis) is 3. The molecule has 125 heavy (non-hydrogen) atoms. The summed E-state index contributed by atoms with van der Waals surface area (Å²) in [5.41, 5.74) is 16.9. The molecule has 52 heteroatoms. The topological polar surface area (TPSA) is 732 Å². The van der Waals surface area contributed by atoms with Crippen LogP contribution in [0.1, 0.15) is 97.8 Å². The number of rotatable bonds is 50. The maximum Gasteiger partial charge on any atom is 0.508 e. The number of guanidine groups is 3. The molecule has 52 nitrogen and oxygen atoms in total. The highest BCUT2D eigenvalue weighted by Crippen LogP contribution is 2.32. The summed E-state index contributed by atoms with van der Waals surface area (Å²) >= 11 is 0. The van der Waals surface area contributed by atoms with Crippen molar-refractivity contribution in [1.82, 2.24) is 73.6 Å². The van der Waals surface area contributed by atoms with Crippen LogP contribution in [-0.2, 0) is 119 Å². The molecule has 3 fully saturated rings. The number of methoxy groups -OCH3 is 3. The smallest absolute Gasteiger partial charge is 0.480 e. The van der Waals surface area contributed by atoms with Crippen molar-refractivity contribution in [3.05, 3.63) is 35.5 Å². The molecule has 0 saturated carbocycles. The summed E-state index contributed by atoms with van der Waals surface area (Å²) in [5, 5.41) is 65.3. The van der Waals surface area contributed by atoms with Crippen molar-refractivity contribution in [2.45, 2.75) is 189 Å². The fraction of sp³-hybridized carbons (Fsp3) is 0.658. The van der Waals surface area contributed by atoms with Crippen LogP contribution in [0.15, 0.2) is 35.5 Å². The van der Waals surface area contributed by atoms with E-state index in [4.69, 9.17) is 104 Å². The number of nitrogens with two attached hydrogens (primary N) is 3. The van der Waals surface area contributed by atoms with Crippen molar-refractivity contribution >= 4 is 114 Å². The third-order valence-corrected chi connectivity index (χ3v) is 19.2. The minimum atomic E-state index is -1.54. The van der Waals surface area contributed by atoms with E-state index in [1.165, 1.54) is 48.8 Å². The Hall–Kier alpha value is -13.3. The molecule has 696 valence electrons. The van der Waals surface area contributed by atoms with Crippen LogP contribution in [0.25, 0.3) is 0 Å². The lowest BCUT2D eigenvalue weighted by atomic mass is 9.91. The average Bonchev–Trinajstić information content (AvgIpc) is 1.68. The second-order valence-electron chi connectivity index (χ2n) is 28.9. The number of carbonyl (C=O) groups excluding carboxylic acids is 15. The molecule has 6 aliphatic heterocycles. The maximum absolute atomic E-state index is 13.6. The Morgan fingerprint density at radius 2 is 0.640 bits per heavy atom. The van der Waals surface area contributed by atoms with Gasteiger partial charge in [-0.1, -0.05) is 38.5 Å². The lowest BCUT2D eigenvalue weighted by Gasteiger charge is -2.41. The molecular weight excluding hydrogens is 1670 g/mol. The molecule has 22 N–H and O–H groups in total. The average molecular weight is 1780 g/mol. The van der Waals surface area contributed by atoms with Gasteiger partial charge in [0.05, 0.1) is 83.8 Å². The summed E-state index contributed by atoms with van der Waals surface area (Å²) in [7, 11) is 3.22. The molecule has 6 heterocycles. The van der Waals surface area contributed by atoms with Crippen molar-refractivity contribution < 1.29 is 153 Å². The van der Waals surface area contributed by atoms with Gasteiger partial charge in [-0.2, -0.15) is 0 Å². The number of carbonyl (C=O) groups is 16. The van der Waals surface area contributed by atoms with Gasteiger partial charge in [-0.3, -0.25) is 59.6 Å². The van der Waals surface area contributed by atoms with E-state index in [2.05, 4.69) is 63.8 Å².